The zero-order valence-corrected chi connectivity index (χ0v) is 16.4. The summed E-state index contributed by atoms with van der Waals surface area (Å²) >= 11 is 1.45. The molecule has 0 bridgehead atoms. The number of nitrogens with one attached hydrogen (secondary N) is 1. The molecule has 2 aromatic heterocycles. The van der Waals surface area contributed by atoms with Crippen LogP contribution in [0, 0.1) is 5.82 Å². The Hall–Kier alpha value is -3.32. The summed E-state index contributed by atoms with van der Waals surface area (Å²) in [5.41, 5.74) is 1.55. The number of halogens is 1. The van der Waals surface area contributed by atoms with Gasteiger partial charge in [0.1, 0.15) is 17.2 Å². The van der Waals surface area contributed by atoms with Crippen LogP contribution in [0.1, 0.15) is 18.5 Å². The normalized spacial score (nSPS) is 12.1. The molecule has 0 aliphatic rings. The van der Waals surface area contributed by atoms with E-state index in [-0.39, 0.29) is 29.9 Å². The largest absolute Gasteiger partial charge is 0.348 e. The predicted molar refractivity (Wildman–Crippen MR) is 112 cm³/mol. The summed E-state index contributed by atoms with van der Waals surface area (Å²) in [7, 11) is 0. The van der Waals surface area contributed by atoms with Gasteiger partial charge in [0.2, 0.25) is 5.91 Å². The van der Waals surface area contributed by atoms with Crippen molar-refractivity contribution in [3.05, 3.63) is 88.7 Å². The van der Waals surface area contributed by atoms with Crippen molar-refractivity contribution in [3.8, 4) is 10.4 Å². The highest BCUT2D eigenvalue weighted by Crippen LogP contribution is 2.30. The first kappa shape index (κ1) is 19.0. The van der Waals surface area contributed by atoms with Crippen molar-refractivity contribution < 1.29 is 9.18 Å². The molecule has 29 heavy (non-hydrogen) atoms. The standard InChI is InChI=1S/C22H18FN3O2S/c1-14(15-7-9-17(23)10-8-15)25-20(27)12-26-13-24-21-18(22(26)28)11-19(29-21)16-5-3-2-4-6-16/h2-11,13-14H,12H2,1H3,(H,25,27)/t14-/m1/s1. The number of amides is 1. The first-order valence-electron chi connectivity index (χ1n) is 9.10. The van der Waals surface area contributed by atoms with Gasteiger partial charge in [-0.15, -0.1) is 11.3 Å². The number of nitrogens with zero attached hydrogens (tertiary/aromatic N) is 2. The number of carbonyl (C=O) groups excluding carboxylic acids is 1. The van der Waals surface area contributed by atoms with E-state index in [9.17, 15) is 14.0 Å². The van der Waals surface area contributed by atoms with Crippen LogP contribution in [0.5, 0.6) is 0 Å². The average Bonchev–Trinajstić information content (AvgIpc) is 3.16. The Labute approximate surface area is 170 Å². The van der Waals surface area contributed by atoms with Crippen molar-refractivity contribution in [1.29, 1.82) is 0 Å². The van der Waals surface area contributed by atoms with E-state index in [4.69, 9.17) is 0 Å². The average molecular weight is 407 g/mol. The fourth-order valence-corrected chi connectivity index (χ4v) is 4.09. The third kappa shape index (κ3) is 4.09. The summed E-state index contributed by atoms with van der Waals surface area (Å²) in [6.07, 6.45) is 1.40. The SMILES string of the molecule is C[C@@H](NC(=O)Cn1cnc2sc(-c3ccccc3)cc2c1=O)c1ccc(F)cc1. The van der Waals surface area contributed by atoms with Gasteiger partial charge in [0, 0.05) is 4.88 Å². The molecule has 0 radical (unpaired) electrons. The Bertz CT molecular complexity index is 1220. The molecule has 0 aliphatic heterocycles. The number of fused-ring (bicyclic) bond motifs is 1. The zero-order valence-electron chi connectivity index (χ0n) is 15.6. The van der Waals surface area contributed by atoms with Gasteiger partial charge < -0.3 is 5.32 Å². The van der Waals surface area contributed by atoms with Crippen LogP contribution in [0.4, 0.5) is 4.39 Å². The Morgan fingerprint density at radius 3 is 2.62 bits per heavy atom. The molecule has 0 unspecified atom stereocenters. The molecule has 1 amide bonds. The Kier molecular flexibility index (Phi) is 5.22. The maximum atomic E-state index is 13.1. The van der Waals surface area contributed by atoms with Crippen LogP contribution < -0.4 is 10.9 Å². The molecule has 4 rings (SSSR count). The highest BCUT2D eigenvalue weighted by molar-refractivity contribution is 7.21. The highest BCUT2D eigenvalue weighted by Gasteiger charge is 2.14. The lowest BCUT2D eigenvalue weighted by Gasteiger charge is -2.14. The molecule has 2 heterocycles. The molecule has 0 saturated carbocycles. The Morgan fingerprint density at radius 1 is 1.17 bits per heavy atom. The number of rotatable bonds is 5. The van der Waals surface area contributed by atoms with Crippen LogP contribution >= 0.6 is 11.3 Å². The van der Waals surface area contributed by atoms with Gasteiger partial charge in [-0.25, -0.2) is 9.37 Å². The molecule has 5 nitrogen and oxygen atoms in total. The molecule has 2 aromatic carbocycles. The Balaban J connectivity index is 1.53. The summed E-state index contributed by atoms with van der Waals surface area (Å²) in [5.74, 6) is -0.646. The van der Waals surface area contributed by atoms with Crippen molar-refractivity contribution in [2.75, 3.05) is 0 Å². The van der Waals surface area contributed by atoms with Crippen LogP contribution in [-0.4, -0.2) is 15.5 Å². The first-order valence-corrected chi connectivity index (χ1v) is 9.92. The topological polar surface area (TPSA) is 64.0 Å². The van der Waals surface area contributed by atoms with Gasteiger partial charge in [-0.1, -0.05) is 42.5 Å². The second kappa shape index (κ2) is 7.97. The molecule has 1 N–H and O–H groups in total. The second-order valence-corrected chi connectivity index (χ2v) is 7.74. The predicted octanol–water partition coefficient (Wildman–Crippen LogP) is 4.14. The van der Waals surface area contributed by atoms with Crippen LogP contribution in [-0.2, 0) is 11.3 Å². The molecule has 146 valence electrons. The summed E-state index contributed by atoms with van der Waals surface area (Å²) in [6, 6.07) is 17.2. The molecule has 0 fully saturated rings. The smallest absolute Gasteiger partial charge is 0.262 e. The van der Waals surface area contributed by atoms with E-state index in [1.165, 1.54) is 34.4 Å². The van der Waals surface area contributed by atoms with E-state index in [0.717, 1.165) is 16.0 Å². The quantitative estimate of drug-likeness (QED) is 0.541. The van der Waals surface area contributed by atoms with Gasteiger partial charge in [0.25, 0.3) is 5.56 Å². The van der Waals surface area contributed by atoms with Gasteiger partial charge in [-0.3, -0.25) is 14.2 Å². The van der Waals surface area contributed by atoms with Gasteiger partial charge in [-0.05, 0) is 36.2 Å². The number of hydrogen-bond donors (Lipinski definition) is 1. The van der Waals surface area contributed by atoms with Crippen molar-refractivity contribution in [1.82, 2.24) is 14.9 Å². The van der Waals surface area contributed by atoms with Gasteiger partial charge in [-0.2, -0.15) is 0 Å². The van der Waals surface area contributed by atoms with E-state index >= 15 is 0 Å². The van der Waals surface area contributed by atoms with Crippen LogP contribution in [0.2, 0.25) is 0 Å². The summed E-state index contributed by atoms with van der Waals surface area (Å²) in [4.78, 5) is 31.2. The lowest BCUT2D eigenvalue weighted by Crippen LogP contribution is -2.33. The molecular weight excluding hydrogens is 389 g/mol. The zero-order chi connectivity index (χ0) is 20.4. The molecule has 7 heteroatoms. The molecule has 0 saturated heterocycles. The highest BCUT2D eigenvalue weighted by atomic mass is 32.1. The third-order valence-corrected chi connectivity index (χ3v) is 5.73. The maximum absolute atomic E-state index is 13.1. The number of thiophene rings is 1. The van der Waals surface area contributed by atoms with E-state index in [1.807, 2.05) is 36.4 Å². The molecular formula is C22H18FN3O2S. The second-order valence-electron chi connectivity index (χ2n) is 6.71. The molecule has 0 aliphatic carbocycles. The van der Waals surface area contributed by atoms with Gasteiger partial charge in [0.15, 0.2) is 0 Å². The minimum Gasteiger partial charge on any atom is -0.348 e. The van der Waals surface area contributed by atoms with Crippen molar-refractivity contribution in [2.24, 2.45) is 0 Å². The lowest BCUT2D eigenvalue weighted by molar-refractivity contribution is -0.122. The Morgan fingerprint density at radius 2 is 1.90 bits per heavy atom. The third-order valence-electron chi connectivity index (χ3n) is 4.64. The van der Waals surface area contributed by atoms with E-state index in [2.05, 4.69) is 10.3 Å². The minimum atomic E-state index is -0.330. The van der Waals surface area contributed by atoms with Crippen LogP contribution in [0.15, 0.2) is 71.8 Å². The van der Waals surface area contributed by atoms with Crippen molar-refractivity contribution in [3.63, 3.8) is 0 Å². The number of carbonyl (C=O) groups is 1. The van der Waals surface area contributed by atoms with Crippen LogP contribution in [0.3, 0.4) is 0 Å². The first-order chi connectivity index (χ1) is 14.0. The van der Waals surface area contributed by atoms with Crippen molar-refractivity contribution >= 4 is 27.5 Å². The lowest BCUT2D eigenvalue weighted by atomic mass is 10.1. The maximum Gasteiger partial charge on any atom is 0.262 e. The van der Waals surface area contributed by atoms with E-state index < -0.39 is 0 Å². The van der Waals surface area contributed by atoms with E-state index in [0.29, 0.717) is 10.2 Å². The number of benzene rings is 2. The summed E-state index contributed by atoms with van der Waals surface area (Å²) < 4.78 is 14.4. The molecule has 4 aromatic rings. The summed E-state index contributed by atoms with van der Waals surface area (Å²) in [6.45, 7) is 1.67. The fraction of sp³-hybridized carbons (Fsp3) is 0.136. The number of hydrogen-bond acceptors (Lipinski definition) is 4. The van der Waals surface area contributed by atoms with Gasteiger partial charge >= 0.3 is 0 Å². The molecule has 0 spiro atoms. The van der Waals surface area contributed by atoms with Gasteiger partial charge in [0.05, 0.1) is 17.8 Å². The van der Waals surface area contributed by atoms with Crippen molar-refractivity contribution in [2.45, 2.75) is 19.5 Å². The van der Waals surface area contributed by atoms with Crippen LogP contribution in [0.25, 0.3) is 20.7 Å². The number of aromatic nitrogens is 2. The monoisotopic (exact) mass is 407 g/mol. The minimum absolute atomic E-state index is 0.135. The van der Waals surface area contributed by atoms with E-state index in [1.54, 1.807) is 19.1 Å². The fourth-order valence-electron chi connectivity index (χ4n) is 3.09. The molecule has 1 atom stereocenters. The summed E-state index contributed by atoms with van der Waals surface area (Å²) in [5, 5.41) is 3.32.